The predicted octanol–water partition coefficient (Wildman–Crippen LogP) is 3.93. The maximum absolute atomic E-state index is 12.4. The lowest BCUT2D eigenvalue weighted by Gasteiger charge is -2.35. The van der Waals surface area contributed by atoms with Gasteiger partial charge in [-0.1, -0.05) is 25.5 Å². The van der Waals surface area contributed by atoms with E-state index in [1.165, 1.54) is 32.2 Å². The Morgan fingerprint density at radius 2 is 2.00 bits per heavy atom. The normalized spacial score (nSPS) is 17.6. The van der Waals surface area contributed by atoms with Crippen LogP contribution in [0.3, 0.4) is 0 Å². The van der Waals surface area contributed by atoms with Crippen molar-refractivity contribution in [3.05, 3.63) is 52.8 Å². The zero-order chi connectivity index (χ0) is 19.9. The summed E-state index contributed by atoms with van der Waals surface area (Å²) in [6.45, 7) is 10.1. The first-order valence-electron chi connectivity index (χ1n) is 10.7. The average Bonchev–Trinajstić information content (AvgIpc) is 3.02. The fourth-order valence-corrected chi connectivity index (χ4v) is 4.17. The zero-order valence-corrected chi connectivity index (χ0v) is 17.6. The Hall–Kier alpha value is -2.14. The number of aryl methyl sites for hydroxylation is 2. The second kappa shape index (κ2) is 9.87. The summed E-state index contributed by atoms with van der Waals surface area (Å²) in [4.78, 5) is 15.0. The molecule has 0 bridgehead atoms. The SMILES string of the molecule is CC[C@H]1CCCCN1CCCNC(=O)c1ccc(Cn2nc(C)cc2C)cc1. The molecule has 2 aromatic rings. The van der Waals surface area contributed by atoms with Crippen LogP contribution in [0.15, 0.2) is 30.3 Å². The lowest BCUT2D eigenvalue weighted by atomic mass is 10.00. The monoisotopic (exact) mass is 382 g/mol. The standard InChI is InChI=1S/C23H34N4O/c1-4-22-8-5-6-14-26(22)15-7-13-24-23(28)21-11-9-20(10-12-21)17-27-19(3)16-18(2)25-27/h9-12,16,22H,4-8,13-15,17H2,1-3H3,(H,24,28)/t22-/m0/s1. The summed E-state index contributed by atoms with van der Waals surface area (Å²) >= 11 is 0. The van der Waals surface area contributed by atoms with E-state index in [2.05, 4.69) is 35.2 Å². The Morgan fingerprint density at radius 3 is 2.68 bits per heavy atom. The number of carbonyl (C=O) groups is 1. The van der Waals surface area contributed by atoms with Crippen molar-refractivity contribution in [2.45, 2.75) is 65.5 Å². The molecule has 0 radical (unpaired) electrons. The van der Waals surface area contributed by atoms with Gasteiger partial charge in [0.05, 0.1) is 12.2 Å². The molecular weight excluding hydrogens is 348 g/mol. The van der Waals surface area contributed by atoms with Crippen LogP contribution in [0.25, 0.3) is 0 Å². The Bertz CT molecular complexity index is 765. The first-order chi connectivity index (χ1) is 13.6. The molecule has 5 nitrogen and oxygen atoms in total. The summed E-state index contributed by atoms with van der Waals surface area (Å²) in [7, 11) is 0. The maximum atomic E-state index is 12.4. The second-order valence-electron chi connectivity index (χ2n) is 7.98. The Labute approximate surface area is 169 Å². The Balaban J connectivity index is 1.43. The summed E-state index contributed by atoms with van der Waals surface area (Å²) in [5.41, 5.74) is 4.06. The molecule has 5 heteroatoms. The highest BCUT2D eigenvalue weighted by molar-refractivity contribution is 5.94. The number of hydrogen-bond acceptors (Lipinski definition) is 3. The van der Waals surface area contributed by atoms with Crippen LogP contribution < -0.4 is 5.32 Å². The van der Waals surface area contributed by atoms with Gasteiger partial charge in [0.15, 0.2) is 0 Å². The van der Waals surface area contributed by atoms with Crippen LogP contribution in [-0.2, 0) is 6.54 Å². The fourth-order valence-electron chi connectivity index (χ4n) is 4.17. The highest BCUT2D eigenvalue weighted by Gasteiger charge is 2.19. The van der Waals surface area contributed by atoms with Gasteiger partial charge in [-0.15, -0.1) is 0 Å². The molecule has 0 aliphatic carbocycles. The summed E-state index contributed by atoms with van der Waals surface area (Å²) in [6.07, 6.45) is 6.25. The van der Waals surface area contributed by atoms with Crippen LogP contribution >= 0.6 is 0 Å². The zero-order valence-electron chi connectivity index (χ0n) is 17.6. The van der Waals surface area contributed by atoms with Crippen LogP contribution in [0.5, 0.6) is 0 Å². The molecule has 1 amide bonds. The minimum atomic E-state index is 0.0170. The van der Waals surface area contributed by atoms with Crippen molar-refractivity contribution in [1.82, 2.24) is 20.0 Å². The number of hydrogen-bond donors (Lipinski definition) is 1. The summed E-state index contributed by atoms with van der Waals surface area (Å²) in [6, 6.07) is 10.7. The molecule has 3 rings (SSSR count). The third-order valence-corrected chi connectivity index (χ3v) is 5.78. The van der Waals surface area contributed by atoms with Crippen LogP contribution in [0, 0.1) is 13.8 Å². The smallest absolute Gasteiger partial charge is 0.251 e. The molecule has 1 aliphatic heterocycles. The van der Waals surface area contributed by atoms with Crippen molar-refractivity contribution in [1.29, 1.82) is 0 Å². The molecule has 1 N–H and O–H groups in total. The van der Waals surface area contributed by atoms with Gasteiger partial charge in [-0.3, -0.25) is 9.48 Å². The number of amides is 1. The molecule has 152 valence electrons. The fraction of sp³-hybridized carbons (Fsp3) is 0.565. The summed E-state index contributed by atoms with van der Waals surface area (Å²) in [5, 5.41) is 7.57. The largest absolute Gasteiger partial charge is 0.352 e. The van der Waals surface area contributed by atoms with Crippen molar-refractivity contribution in [2.75, 3.05) is 19.6 Å². The third-order valence-electron chi connectivity index (χ3n) is 5.78. The van der Waals surface area contributed by atoms with E-state index in [4.69, 9.17) is 0 Å². The van der Waals surface area contributed by atoms with Gasteiger partial charge in [0.2, 0.25) is 0 Å². The van der Waals surface area contributed by atoms with Gasteiger partial charge in [0.25, 0.3) is 5.91 Å². The van der Waals surface area contributed by atoms with E-state index in [0.717, 1.165) is 54.6 Å². The minimum absolute atomic E-state index is 0.0170. The Kier molecular flexibility index (Phi) is 7.26. The maximum Gasteiger partial charge on any atom is 0.251 e. The first-order valence-corrected chi connectivity index (χ1v) is 10.7. The van der Waals surface area contributed by atoms with Gasteiger partial charge < -0.3 is 10.2 Å². The van der Waals surface area contributed by atoms with E-state index in [-0.39, 0.29) is 5.91 Å². The van der Waals surface area contributed by atoms with Gasteiger partial charge in [0, 0.05) is 30.4 Å². The van der Waals surface area contributed by atoms with Crippen LogP contribution in [0.4, 0.5) is 0 Å². The van der Waals surface area contributed by atoms with E-state index in [0.29, 0.717) is 0 Å². The number of carbonyl (C=O) groups excluding carboxylic acids is 1. The lowest BCUT2D eigenvalue weighted by molar-refractivity contribution is 0.0947. The van der Waals surface area contributed by atoms with Gasteiger partial charge in [-0.25, -0.2) is 0 Å². The van der Waals surface area contributed by atoms with Crippen molar-refractivity contribution >= 4 is 5.91 Å². The number of nitrogens with zero attached hydrogens (tertiary/aromatic N) is 3. The Morgan fingerprint density at radius 1 is 1.21 bits per heavy atom. The molecule has 1 fully saturated rings. The number of rotatable bonds is 8. The summed E-state index contributed by atoms with van der Waals surface area (Å²) in [5.74, 6) is 0.0170. The topological polar surface area (TPSA) is 50.2 Å². The molecule has 2 heterocycles. The molecule has 0 saturated carbocycles. The molecule has 1 atom stereocenters. The van der Waals surface area contributed by atoms with Gasteiger partial charge >= 0.3 is 0 Å². The number of aromatic nitrogens is 2. The number of benzene rings is 1. The molecule has 1 aliphatic rings. The van der Waals surface area contributed by atoms with Gasteiger partial charge in [-0.05, 0) is 69.8 Å². The van der Waals surface area contributed by atoms with Crippen LogP contribution in [0.1, 0.15) is 66.3 Å². The quantitative estimate of drug-likeness (QED) is 0.704. The van der Waals surface area contributed by atoms with Gasteiger partial charge in [0.1, 0.15) is 0 Å². The van der Waals surface area contributed by atoms with Crippen molar-refractivity contribution in [3.63, 3.8) is 0 Å². The van der Waals surface area contributed by atoms with Crippen molar-refractivity contribution in [3.8, 4) is 0 Å². The average molecular weight is 383 g/mol. The third kappa shape index (κ3) is 5.44. The van der Waals surface area contributed by atoms with Crippen LogP contribution in [-0.4, -0.2) is 46.3 Å². The molecule has 28 heavy (non-hydrogen) atoms. The first kappa shape index (κ1) is 20.6. The molecule has 0 unspecified atom stereocenters. The highest BCUT2D eigenvalue weighted by atomic mass is 16.1. The van der Waals surface area contributed by atoms with E-state index in [1.807, 2.05) is 35.9 Å². The molecule has 1 saturated heterocycles. The lowest BCUT2D eigenvalue weighted by Crippen LogP contribution is -2.40. The van der Waals surface area contributed by atoms with Crippen LogP contribution in [0.2, 0.25) is 0 Å². The molecule has 0 spiro atoms. The van der Waals surface area contributed by atoms with E-state index < -0.39 is 0 Å². The molecule has 1 aromatic heterocycles. The van der Waals surface area contributed by atoms with E-state index >= 15 is 0 Å². The molecule has 1 aromatic carbocycles. The van der Waals surface area contributed by atoms with Crippen molar-refractivity contribution in [2.24, 2.45) is 0 Å². The van der Waals surface area contributed by atoms with E-state index in [1.54, 1.807) is 0 Å². The van der Waals surface area contributed by atoms with Gasteiger partial charge in [-0.2, -0.15) is 5.10 Å². The van der Waals surface area contributed by atoms with Crippen molar-refractivity contribution < 1.29 is 4.79 Å². The number of nitrogens with one attached hydrogen (secondary N) is 1. The highest BCUT2D eigenvalue weighted by Crippen LogP contribution is 2.19. The molecular formula is C23H34N4O. The summed E-state index contributed by atoms with van der Waals surface area (Å²) < 4.78 is 1.99. The number of likely N-dealkylation sites (tertiary alicyclic amines) is 1. The number of piperidine rings is 1. The van der Waals surface area contributed by atoms with E-state index in [9.17, 15) is 4.79 Å². The minimum Gasteiger partial charge on any atom is -0.352 e. The second-order valence-corrected chi connectivity index (χ2v) is 7.98. The predicted molar refractivity (Wildman–Crippen MR) is 114 cm³/mol.